The van der Waals surface area contributed by atoms with E-state index in [4.69, 9.17) is 49.4 Å². The number of unbranched alkanes of at least 4 members (excludes halogenated alkanes) is 22. The van der Waals surface area contributed by atoms with E-state index in [0.29, 0.717) is 133 Å². The SMILES string of the molecule is CCCCCCCCCCCCOc1cc(C#Cc2cc(C(=O)NCCCCCN)c(OCc3ccccc3)c(C3OCCCO3)c2)c(OCCCCCCCCCCCC)cc1C#Cc1cc(C(=O)NCCCCCN)c(OCc2ccccc2)c(C2OCCCO2)c1. The van der Waals surface area contributed by atoms with Crippen molar-refractivity contribution in [1.82, 2.24) is 10.6 Å². The predicted octanol–water partition coefficient (Wildman–Crippen LogP) is 16.8. The zero-order chi connectivity index (χ0) is 65.9. The summed E-state index contributed by atoms with van der Waals surface area (Å²) < 4.78 is 52.0. The van der Waals surface area contributed by atoms with Crippen LogP contribution in [0, 0.1) is 23.7 Å². The molecule has 0 spiro atoms. The van der Waals surface area contributed by atoms with Gasteiger partial charge >= 0.3 is 0 Å². The number of nitrogens with one attached hydrogen (secondary N) is 2. The first kappa shape index (κ1) is 74.5. The molecular weight excluding hydrogens is 1180 g/mol. The van der Waals surface area contributed by atoms with Crippen molar-refractivity contribution >= 4 is 11.8 Å². The monoisotopic (exact) mass is 1290 g/mol. The number of nitrogens with two attached hydrogens (primary N) is 2. The number of rotatable bonds is 44. The summed E-state index contributed by atoms with van der Waals surface area (Å²) in [5.41, 5.74) is 17.7. The minimum atomic E-state index is -0.783. The van der Waals surface area contributed by atoms with E-state index in [1.165, 1.54) is 89.9 Å². The summed E-state index contributed by atoms with van der Waals surface area (Å²) in [4.78, 5) is 29.0. The van der Waals surface area contributed by atoms with Crippen molar-refractivity contribution in [1.29, 1.82) is 0 Å². The van der Waals surface area contributed by atoms with Gasteiger partial charge in [0.05, 0.1) is 73.0 Å². The zero-order valence-electron chi connectivity index (χ0n) is 56.9. The molecule has 5 aromatic carbocycles. The summed E-state index contributed by atoms with van der Waals surface area (Å²) in [6.07, 6.45) is 28.9. The topological polar surface area (TPSA) is 184 Å². The van der Waals surface area contributed by atoms with Crippen LogP contribution in [-0.2, 0) is 32.2 Å². The maximum Gasteiger partial charge on any atom is 0.255 e. The maximum absolute atomic E-state index is 14.5. The second kappa shape index (κ2) is 45.5. The van der Waals surface area contributed by atoms with E-state index in [9.17, 15) is 9.59 Å². The second-order valence-corrected chi connectivity index (χ2v) is 24.9. The fourth-order valence-corrected chi connectivity index (χ4v) is 11.6. The zero-order valence-corrected chi connectivity index (χ0v) is 56.9. The molecule has 6 N–H and O–H groups in total. The molecule has 2 amide bonds. The minimum absolute atomic E-state index is 0.227. The summed E-state index contributed by atoms with van der Waals surface area (Å²) in [6.45, 7) is 10.0. The number of amides is 2. The molecule has 2 aliphatic heterocycles. The Labute approximate surface area is 563 Å². The molecule has 2 aliphatic rings. The lowest BCUT2D eigenvalue weighted by molar-refractivity contribution is -0.183. The molecule has 2 fully saturated rings. The summed E-state index contributed by atoms with van der Waals surface area (Å²) in [6, 6.07) is 31.1. The Hall–Kier alpha value is -6.88. The minimum Gasteiger partial charge on any atom is -0.492 e. The van der Waals surface area contributed by atoms with E-state index in [1.807, 2.05) is 84.9 Å². The van der Waals surface area contributed by atoms with E-state index in [0.717, 1.165) is 101 Å². The molecule has 7 rings (SSSR count). The predicted molar refractivity (Wildman–Crippen MR) is 377 cm³/mol. The van der Waals surface area contributed by atoms with E-state index in [-0.39, 0.29) is 25.0 Å². The molecule has 94 heavy (non-hydrogen) atoms. The van der Waals surface area contributed by atoms with Gasteiger partial charge in [0.1, 0.15) is 36.2 Å². The third kappa shape index (κ3) is 27.1. The molecule has 0 unspecified atom stereocenters. The highest BCUT2D eigenvalue weighted by Crippen LogP contribution is 2.38. The van der Waals surface area contributed by atoms with E-state index in [1.54, 1.807) is 12.1 Å². The van der Waals surface area contributed by atoms with Gasteiger partial charge in [0.15, 0.2) is 12.6 Å². The van der Waals surface area contributed by atoms with Crippen molar-refractivity contribution < 1.29 is 47.5 Å². The molecule has 2 saturated heterocycles. The molecular formula is C80H110N4O10. The van der Waals surface area contributed by atoms with E-state index < -0.39 is 12.6 Å². The molecule has 14 nitrogen and oxygen atoms in total. The molecule has 0 aromatic heterocycles. The summed E-state index contributed by atoms with van der Waals surface area (Å²) in [5, 5.41) is 6.30. The van der Waals surface area contributed by atoms with Crippen molar-refractivity contribution in [3.05, 3.63) is 153 Å². The standard InChI is InChI=1S/C80H110N4O10/c1-3-5-7-9-11-13-15-17-19-33-49-87-73-59-68(44-42-66-56-70(78(86)84-48-32-24-30-46-82)76(94-62-64-39-27-22-28-40-64)72(58-66)80-91-53-36-54-92-80)74(88-50-34-20-18-16-14-12-10-8-6-4-2)60-67(73)43-41-65-55-69(77(85)83-47-31-23-29-45-81)75(93-61-63-37-25-21-26-38-63)71(57-65)79-89-51-35-52-90-79/h21-22,25-28,37-40,55-60,79-80H,3-20,23-24,29-36,45-54,61-62,81-82H2,1-2H3,(H,83,85)(H,84,86). The first-order valence-electron chi connectivity index (χ1n) is 36.0. The average Bonchev–Trinajstić information content (AvgIpc) is 0.855. The molecule has 5 aromatic rings. The lowest BCUT2D eigenvalue weighted by Gasteiger charge is -2.26. The molecule has 510 valence electrons. The van der Waals surface area contributed by atoms with Crippen LogP contribution < -0.4 is 41.0 Å². The lowest BCUT2D eigenvalue weighted by Crippen LogP contribution is -2.26. The van der Waals surface area contributed by atoms with Crippen molar-refractivity contribution in [2.45, 2.75) is 219 Å². The fraction of sp³-hybridized carbons (Fsp3) is 0.550. The van der Waals surface area contributed by atoms with Crippen LogP contribution in [0.1, 0.15) is 271 Å². The maximum atomic E-state index is 14.5. The molecule has 0 radical (unpaired) electrons. The third-order valence-corrected chi connectivity index (χ3v) is 16.9. The Bertz CT molecular complexity index is 2880. The highest BCUT2D eigenvalue weighted by molar-refractivity contribution is 5.98. The van der Waals surface area contributed by atoms with Crippen LogP contribution in [0.3, 0.4) is 0 Å². The third-order valence-electron chi connectivity index (χ3n) is 16.9. The number of hydrogen-bond acceptors (Lipinski definition) is 12. The van der Waals surface area contributed by atoms with E-state index in [2.05, 4.69) is 48.2 Å². The van der Waals surface area contributed by atoms with Crippen molar-refractivity contribution in [3.63, 3.8) is 0 Å². The molecule has 0 saturated carbocycles. The van der Waals surface area contributed by atoms with Crippen LogP contribution in [0.5, 0.6) is 23.0 Å². The number of hydrogen-bond donors (Lipinski definition) is 4. The highest BCUT2D eigenvalue weighted by Gasteiger charge is 2.29. The molecule has 14 heteroatoms. The largest absolute Gasteiger partial charge is 0.492 e. The summed E-state index contributed by atoms with van der Waals surface area (Å²) >= 11 is 0. The van der Waals surface area contributed by atoms with Crippen LogP contribution in [0.15, 0.2) is 97.1 Å². The van der Waals surface area contributed by atoms with Crippen LogP contribution in [0.4, 0.5) is 0 Å². The summed E-state index contributed by atoms with van der Waals surface area (Å²) in [5.74, 6) is 15.3. The van der Waals surface area contributed by atoms with Gasteiger partial charge in [-0.3, -0.25) is 9.59 Å². The highest BCUT2D eigenvalue weighted by atomic mass is 16.7. The lowest BCUT2D eigenvalue weighted by atomic mass is 10.0. The van der Waals surface area contributed by atoms with Gasteiger partial charge in [-0.15, -0.1) is 0 Å². The number of benzene rings is 5. The van der Waals surface area contributed by atoms with Crippen LogP contribution in [0.2, 0.25) is 0 Å². The van der Waals surface area contributed by atoms with E-state index >= 15 is 0 Å². The van der Waals surface area contributed by atoms with Crippen LogP contribution >= 0.6 is 0 Å². The smallest absolute Gasteiger partial charge is 0.255 e. The van der Waals surface area contributed by atoms with Gasteiger partial charge in [-0.25, -0.2) is 0 Å². The van der Waals surface area contributed by atoms with Crippen LogP contribution in [0.25, 0.3) is 0 Å². The Morgan fingerprint density at radius 1 is 0.426 bits per heavy atom. The van der Waals surface area contributed by atoms with Gasteiger partial charge in [0.25, 0.3) is 11.8 Å². The molecule has 0 aliphatic carbocycles. The Morgan fingerprint density at radius 2 is 0.777 bits per heavy atom. The van der Waals surface area contributed by atoms with Gasteiger partial charge in [0.2, 0.25) is 0 Å². The van der Waals surface area contributed by atoms with Gasteiger partial charge in [-0.05, 0) is 99.8 Å². The Kier molecular flexibility index (Phi) is 36.1. The number of ether oxygens (including phenoxy) is 8. The molecule has 2 heterocycles. The Balaban J connectivity index is 1.31. The van der Waals surface area contributed by atoms with Crippen molar-refractivity contribution in [2.24, 2.45) is 11.5 Å². The summed E-state index contributed by atoms with van der Waals surface area (Å²) in [7, 11) is 0. The Morgan fingerprint density at radius 3 is 1.14 bits per heavy atom. The molecule has 0 bridgehead atoms. The normalized spacial score (nSPS) is 13.3. The van der Waals surface area contributed by atoms with Gasteiger partial charge in [0, 0.05) is 36.3 Å². The van der Waals surface area contributed by atoms with Crippen molar-refractivity contribution in [2.75, 3.05) is 65.8 Å². The van der Waals surface area contributed by atoms with Gasteiger partial charge in [-0.1, -0.05) is 227 Å². The van der Waals surface area contributed by atoms with Crippen LogP contribution in [-0.4, -0.2) is 77.6 Å². The first-order chi connectivity index (χ1) is 46.4. The molecule has 0 atom stereocenters. The van der Waals surface area contributed by atoms with Gasteiger partial charge < -0.3 is 60.0 Å². The fourth-order valence-electron chi connectivity index (χ4n) is 11.6. The number of carbonyl (C=O) groups is 2. The quantitative estimate of drug-likeness (QED) is 0.0214. The van der Waals surface area contributed by atoms with Crippen molar-refractivity contribution in [3.8, 4) is 46.7 Å². The average molecular weight is 1290 g/mol. The second-order valence-electron chi connectivity index (χ2n) is 24.9. The first-order valence-corrected chi connectivity index (χ1v) is 36.0. The number of carbonyl (C=O) groups excluding carboxylic acids is 2. The van der Waals surface area contributed by atoms with Gasteiger partial charge in [-0.2, -0.15) is 0 Å².